The summed E-state index contributed by atoms with van der Waals surface area (Å²) in [7, 11) is 0. The number of nitrogens with one attached hydrogen (secondary N) is 1. The Morgan fingerprint density at radius 3 is 2.46 bits per heavy atom. The standard InChI is InChI=1S/C18H23N3O5/c22-17(19-12-16-2-1-11-26-16)13-7-9-20(10-8-13)18(23)14-3-5-15(6-4-14)21(24)25/h3-6,13,16H,1-2,7-12H2,(H,19,22)/t16-/m0/s1. The number of nitrogens with zero attached hydrogens (tertiary/aromatic N) is 2. The molecule has 2 aliphatic heterocycles. The maximum Gasteiger partial charge on any atom is 0.269 e. The molecule has 2 fully saturated rings. The zero-order valence-corrected chi connectivity index (χ0v) is 14.6. The van der Waals surface area contributed by atoms with Gasteiger partial charge in [-0.3, -0.25) is 19.7 Å². The van der Waals surface area contributed by atoms with Crippen molar-refractivity contribution in [2.45, 2.75) is 31.8 Å². The molecular formula is C18H23N3O5. The zero-order valence-electron chi connectivity index (χ0n) is 14.6. The van der Waals surface area contributed by atoms with E-state index in [1.807, 2.05) is 0 Å². The van der Waals surface area contributed by atoms with Gasteiger partial charge in [0.25, 0.3) is 11.6 Å². The van der Waals surface area contributed by atoms with Crippen LogP contribution >= 0.6 is 0 Å². The number of carbonyl (C=O) groups is 2. The Morgan fingerprint density at radius 2 is 1.88 bits per heavy atom. The van der Waals surface area contributed by atoms with Crippen molar-refractivity contribution in [2.75, 3.05) is 26.2 Å². The number of piperidine rings is 1. The van der Waals surface area contributed by atoms with Gasteiger partial charge in [0.2, 0.25) is 5.91 Å². The highest BCUT2D eigenvalue weighted by Crippen LogP contribution is 2.21. The van der Waals surface area contributed by atoms with Crippen LogP contribution in [0.3, 0.4) is 0 Å². The second-order valence-electron chi connectivity index (χ2n) is 6.75. The molecule has 0 aliphatic carbocycles. The maximum absolute atomic E-state index is 12.5. The molecule has 0 unspecified atom stereocenters. The van der Waals surface area contributed by atoms with E-state index >= 15 is 0 Å². The van der Waals surface area contributed by atoms with Gasteiger partial charge in [0.05, 0.1) is 11.0 Å². The lowest BCUT2D eigenvalue weighted by Gasteiger charge is -2.31. The van der Waals surface area contributed by atoms with Crippen LogP contribution in [0.25, 0.3) is 0 Å². The van der Waals surface area contributed by atoms with Gasteiger partial charge < -0.3 is 15.0 Å². The minimum atomic E-state index is -0.491. The number of hydrogen-bond acceptors (Lipinski definition) is 5. The van der Waals surface area contributed by atoms with E-state index in [1.54, 1.807) is 4.90 Å². The first-order chi connectivity index (χ1) is 12.5. The molecule has 0 aromatic heterocycles. The van der Waals surface area contributed by atoms with E-state index in [1.165, 1.54) is 24.3 Å². The number of ether oxygens (including phenoxy) is 1. The number of nitro benzene ring substituents is 1. The van der Waals surface area contributed by atoms with Crippen molar-refractivity contribution in [3.8, 4) is 0 Å². The summed E-state index contributed by atoms with van der Waals surface area (Å²) >= 11 is 0. The summed E-state index contributed by atoms with van der Waals surface area (Å²) in [4.78, 5) is 36.7. The minimum Gasteiger partial charge on any atom is -0.376 e. The molecule has 1 aromatic carbocycles. The molecule has 1 aromatic rings. The Kier molecular flexibility index (Phi) is 5.82. The van der Waals surface area contributed by atoms with Crippen LogP contribution in [0, 0.1) is 16.0 Å². The largest absolute Gasteiger partial charge is 0.376 e. The average Bonchev–Trinajstić information content (AvgIpc) is 3.19. The van der Waals surface area contributed by atoms with E-state index in [2.05, 4.69) is 5.32 Å². The van der Waals surface area contributed by atoms with Crippen molar-refractivity contribution in [2.24, 2.45) is 5.92 Å². The average molecular weight is 361 g/mol. The molecule has 1 atom stereocenters. The van der Waals surface area contributed by atoms with Crippen molar-refractivity contribution >= 4 is 17.5 Å². The molecule has 2 heterocycles. The SMILES string of the molecule is O=C(NC[C@@H]1CCCO1)C1CCN(C(=O)c2ccc([N+](=O)[O-])cc2)CC1. The summed E-state index contributed by atoms with van der Waals surface area (Å²) in [6, 6.07) is 5.61. The second-order valence-corrected chi connectivity index (χ2v) is 6.75. The fourth-order valence-electron chi connectivity index (χ4n) is 3.42. The van der Waals surface area contributed by atoms with Gasteiger partial charge in [-0.15, -0.1) is 0 Å². The first-order valence-electron chi connectivity index (χ1n) is 8.97. The fraction of sp³-hybridized carbons (Fsp3) is 0.556. The molecule has 0 saturated carbocycles. The van der Waals surface area contributed by atoms with Crippen LogP contribution in [-0.4, -0.2) is 54.0 Å². The third-order valence-corrected chi connectivity index (χ3v) is 5.01. The number of rotatable bonds is 5. The lowest BCUT2D eigenvalue weighted by molar-refractivity contribution is -0.384. The van der Waals surface area contributed by atoms with Gasteiger partial charge in [-0.2, -0.15) is 0 Å². The van der Waals surface area contributed by atoms with E-state index in [0.717, 1.165) is 19.4 Å². The molecule has 0 radical (unpaired) electrons. The molecule has 2 aliphatic rings. The van der Waals surface area contributed by atoms with Crippen LogP contribution in [0.4, 0.5) is 5.69 Å². The summed E-state index contributed by atoms with van der Waals surface area (Å²) in [5.74, 6) is -0.210. The van der Waals surface area contributed by atoms with Gasteiger partial charge in [0.15, 0.2) is 0 Å². The van der Waals surface area contributed by atoms with Crippen LogP contribution < -0.4 is 5.32 Å². The molecule has 2 saturated heterocycles. The monoisotopic (exact) mass is 361 g/mol. The van der Waals surface area contributed by atoms with Gasteiger partial charge in [0, 0.05) is 49.9 Å². The molecule has 3 rings (SSSR count). The number of hydrogen-bond donors (Lipinski definition) is 1. The number of benzene rings is 1. The topological polar surface area (TPSA) is 102 Å². The van der Waals surface area contributed by atoms with Crippen LogP contribution in [-0.2, 0) is 9.53 Å². The van der Waals surface area contributed by atoms with E-state index in [4.69, 9.17) is 4.74 Å². The Bertz CT molecular complexity index is 662. The predicted octanol–water partition coefficient (Wildman–Crippen LogP) is 1.74. The lowest BCUT2D eigenvalue weighted by Crippen LogP contribution is -2.44. The van der Waals surface area contributed by atoms with Crippen molar-refractivity contribution in [3.05, 3.63) is 39.9 Å². The summed E-state index contributed by atoms with van der Waals surface area (Å²) in [5.41, 5.74) is 0.389. The molecule has 1 N–H and O–H groups in total. The Balaban J connectivity index is 1.47. The molecule has 8 nitrogen and oxygen atoms in total. The highest BCUT2D eigenvalue weighted by molar-refractivity contribution is 5.94. The van der Waals surface area contributed by atoms with Crippen molar-refractivity contribution < 1.29 is 19.2 Å². The predicted molar refractivity (Wildman–Crippen MR) is 93.7 cm³/mol. The van der Waals surface area contributed by atoms with Crippen LogP contribution in [0.15, 0.2) is 24.3 Å². The zero-order chi connectivity index (χ0) is 18.5. The highest BCUT2D eigenvalue weighted by Gasteiger charge is 2.28. The molecule has 140 valence electrons. The summed E-state index contributed by atoms with van der Waals surface area (Å²) in [6.07, 6.45) is 3.40. The second kappa shape index (κ2) is 8.27. The Hall–Kier alpha value is -2.48. The molecule has 0 spiro atoms. The molecule has 2 amide bonds. The van der Waals surface area contributed by atoms with Gasteiger partial charge in [-0.1, -0.05) is 0 Å². The van der Waals surface area contributed by atoms with Crippen molar-refractivity contribution in [3.63, 3.8) is 0 Å². The maximum atomic E-state index is 12.5. The van der Waals surface area contributed by atoms with Gasteiger partial charge in [0.1, 0.15) is 0 Å². The number of amides is 2. The first-order valence-corrected chi connectivity index (χ1v) is 8.97. The summed E-state index contributed by atoms with van der Waals surface area (Å²) in [6.45, 7) is 2.34. The number of carbonyl (C=O) groups excluding carboxylic acids is 2. The third kappa shape index (κ3) is 4.37. The molecular weight excluding hydrogens is 338 g/mol. The number of nitro groups is 1. The van der Waals surface area contributed by atoms with E-state index in [-0.39, 0.29) is 29.5 Å². The van der Waals surface area contributed by atoms with Crippen LogP contribution in [0.1, 0.15) is 36.0 Å². The van der Waals surface area contributed by atoms with Gasteiger partial charge in [-0.25, -0.2) is 0 Å². The van der Waals surface area contributed by atoms with Crippen molar-refractivity contribution in [1.82, 2.24) is 10.2 Å². The minimum absolute atomic E-state index is 0.0305. The molecule has 8 heteroatoms. The van der Waals surface area contributed by atoms with E-state index in [9.17, 15) is 19.7 Å². The first kappa shape index (κ1) is 18.3. The normalized spacial score (nSPS) is 20.8. The molecule has 0 bridgehead atoms. The smallest absolute Gasteiger partial charge is 0.269 e. The quantitative estimate of drug-likeness (QED) is 0.636. The van der Waals surface area contributed by atoms with Gasteiger partial charge in [-0.05, 0) is 37.8 Å². The molecule has 26 heavy (non-hydrogen) atoms. The Morgan fingerprint density at radius 1 is 1.19 bits per heavy atom. The highest BCUT2D eigenvalue weighted by atomic mass is 16.6. The summed E-state index contributed by atoms with van der Waals surface area (Å²) in [5, 5.41) is 13.6. The van der Waals surface area contributed by atoms with Crippen LogP contribution in [0.2, 0.25) is 0 Å². The van der Waals surface area contributed by atoms with Crippen LogP contribution in [0.5, 0.6) is 0 Å². The summed E-state index contributed by atoms with van der Waals surface area (Å²) < 4.78 is 5.50. The van der Waals surface area contributed by atoms with Gasteiger partial charge >= 0.3 is 0 Å². The number of non-ortho nitro benzene ring substituents is 1. The fourth-order valence-corrected chi connectivity index (χ4v) is 3.42. The van der Waals surface area contributed by atoms with E-state index < -0.39 is 4.92 Å². The lowest BCUT2D eigenvalue weighted by atomic mass is 9.95. The Labute approximate surface area is 151 Å². The third-order valence-electron chi connectivity index (χ3n) is 5.01. The van der Waals surface area contributed by atoms with E-state index in [0.29, 0.717) is 38.0 Å². The number of likely N-dealkylation sites (tertiary alicyclic amines) is 1. The van der Waals surface area contributed by atoms with Crippen molar-refractivity contribution in [1.29, 1.82) is 0 Å².